The highest BCUT2D eigenvalue weighted by molar-refractivity contribution is 5.71. The van der Waals surface area contributed by atoms with Crippen LogP contribution in [0.15, 0.2) is 30.3 Å². The highest BCUT2D eigenvalue weighted by Gasteiger charge is 2.31. The Morgan fingerprint density at radius 1 is 0.857 bits per heavy atom. The minimum Gasteiger partial charge on any atom is -0.206 e. The van der Waals surface area contributed by atoms with Crippen LogP contribution >= 0.6 is 0 Å². The number of halogens is 1. The second-order valence-corrected chi connectivity index (χ2v) is 6.80. The summed E-state index contributed by atoms with van der Waals surface area (Å²) in [5.41, 5.74) is 6.62. The van der Waals surface area contributed by atoms with E-state index in [2.05, 4.69) is 31.2 Å². The molecule has 0 aromatic heterocycles. The van der Waals surface area contributed by atoms with E-state index in [1.807, 2.05) is 13.0 Å². The van der Waals surface area contributed by atoms with Crippen LogP contribution < -0.4 is 0 Å². The van der Waals surface area contributed by atoms with Gasteiger partial charge < -0.3 is 0 Å². The van der Waals surface area contributed by atoms with E-state index in [1.54, 1.807) is 0 Å². The lowest BCUT2D eigenvalue weighted by molar-refractivity contribution is 0.612. The molecule has 4 rings (SSSR count). The monoisotopic (exact) mass is 280 g/mol. The van der Waals surface area contributed by atoms with Gasteiger partial charge in [-0.25, -0.2) is 4.39 Å². The van der Waals surface area contributed by atoms with Crippen LogP contribution in [0.5, 0.6) is 0 Å². The average molecular weight is 280 g/mol. The molecule has 0 nitrogen and oxygen atoms in total. The fraction of sp³-hybridized carbons (Fsp3) is 0.400. The third-order valence-corrected chi connectivity index (χ3v) is 4.90. The molecular weight excluding hydrogens is 259 g/mol. The van der Waals surface area contributed by atoms with Gasteiger partial charge in [0.2, 0.25) is 0 Å². The van der Waals surface area contributed by atoms with Crippen molar-refractivity contribution in [2.45, 2.75) is 51.4 Å². The van der Waals surface area contributed by atoms with Crippen LogP contribution in [0, 0.1) is 19.7 Å². The molecule has 0 spiro atoms. The van der Waals surface area contributed by atoms with Crippen LogP contribution in [0.1, 0.15) is 59.8 Å². The average Bonchev–Trinajstić information content (AvgIpc) is 3.33. The lowest BCUT2D eigenvalue weighted by Crippen LogP contribution is -1.98. The largest absolute Gasteiger partial charge is 0.206 e. The van der Waals surface area contributed by atoms with Gasteiger partial charge in [0.25, 0.3) is 0 Å². The molecule has 2 aromatic rings. The van der Waals surface area contributed by atoms with Gasteiger partial charge in [0.1, 0.15) is 5.82 Å². The molecule has 2 aromatic carbocycles. The third kappa shape index (κ3) is 2.29. The maximum absolute atomic E-state index is 15.1. The molecule has 0 bridgehead atoms. The first-order valence-electron chi connectivity index (χ1n) is 8.05. The summed E-state index contributed by atoms with van der Waals surface area (Å²) in [5, 5.41) is 0. The van der Waals surface area contributed by atoms with Gasteiger partial charge in [-0.15, -0.1) is 0 Å². The minimum atomic E-state index is 0.0308. The quantitative estimate of drug-likeness (QED) is 0.660. The van der Waals surface area contributed by atoms with Crippen molar-refractivity contribution in [3.05, 3.63) is 58.4 Å². The number of hydrogen-bond donors (Lipinski definition) is 0. The standard InChI is InChI=1S/C20H21F/c1-12-3-9-16(18(11-12)14-5-6-14)17-10-4-13(2)19(20(17)21)15-7-8-15/h3-4,9-11,14-15H,5-8H2,1-2H3. The van der Waals surface area contributed by atoms with Crippen molar-refractivity contribution in [2.24, 2.45) is 0 Å². The number of rotatable bonds is 3. The summed E-state index contributed by atoms with van der Waals surface area (Å²) in [7, 11) is 0. The van der Waals surface area contributed by atoms with Crippen molar-refractivity contribution in [3.63, 3.8) is 0 Å². The van der Waals surface area contributed by atoms with E-state index < -0.39 is 0 Å². The first-order valence-corrected chi connectivity index (χ1v) is 8.05. The van der Waals surface area contributed by atoms with Crippen LogP contribution in [0.25, 0.3) is 11.1 Å². The van der Waals surface area contributed by atoms with E-state index in [4.69, 9.17) is 0 Å². The molecule has 0 aliphatic heterocycles. The Morgan fingerprint density at radius 3 is 2.19 bits per heavy atom. The molecule has 21 heavy (non-hydrogen) atoms. The molecule has 2 aliphatic carbocycles. The zero-order chi connectivity index (χ0) is 14.6. The van der Waals surface area contributed by atoms with Crippen LogP contribution in [0.2, 0.25) is 0 Å². The smallest absolute Gasteiger partial charge is 0.134 e. The molecule has 0 atom stereocenters. The summed E-state index contributed by atoms with van der Waals surface area (Å²) in [5.74, 6) is 1.13. The molecule has 0 unspecified atom stereocenters. The number of aryl methyl sites for hydroxylation is 2. The van der Waals surface area contributed by atoms with E-state index >= 15 is 4.39 Å². The Morgan fingerprint density at radius 2 is 1.52 bits per heavy atom. The van der Waals surface area contributed by atoms with Gasteiger partial charge in [-0.05, 0) is 73.6 Å². The van der Waals surface area contributed by atoms with E-state index in [1.165, 1.54) is 24.0 Å². The predicted molar refractivity (Wildman–Crippen MR) is 85.3 cm³/mol. The summed E-state index contributed by atoms with van der Waals surface area (Å²) < 4.78 is 15.1. The van der Waals surface area contributed by atoms with Gasteiger partial charge in [0, 0.05) is 5.56 Å². The topological polar surface area (TPSA) is 0 Å². The molecule has 2 saturated carbocycles. The van der Waals surface area contributed by atoms with Crippen LogP contribution in [-0.2, 0) is 0 Å². The van der Waals surface area contributed by atoms with Crippen LogP contribution in [0.4, 0.5) is 4.39 Å². The highest BCUT2D eigenvalue weighted by Crippen LogP contribution is 2.48. The van der Waals surface area contributed by atoms with Gasteiger partial charge in [0.05, 0.1) is 0 Å². The molecule has 0 heterocycles. The van der Waals surface area contributed by atoms with Crippen molar-refractivity contribution >= 4 is 0 Å². The molecule has 1 heteroatoms. The summed E-state index contributed by atoms with van der Waals surface area (Å²) in [6.45, 7) is 4.16. The van der Waals surface area contributed by atoms with E-state index in [9.17, 15) is 0 Å². The van der Waals surface area contributed by atoms with Gasteiger partial charge in [0.15, 0.2) is 0 Å². The summed E-state index contributed by atoms with van der Waals surface area (Å²) in [6.07, 6.45) is 4.79. The molecule has 0 amide bonds. The fourth-order valence-electron chi connectivity index (χ4n) is 3.43. The Balaban J connectivity index is 1.89. The zero-order valence-electron chi connectivity index (χ0n) is 12.7. The Hall–Kier alpha value is -1.63. The molecule has 108 valence electrons. The Bertz CT molecular complexity index is 706. The normalized spacial score (nSPS) is 18.0. The SMILES string of the molecule is Cc1ccc(-c2ccc(C)c(C3CC3)c2F)c(C2CC2)c1. The van der Waals surface area contributed by atoms with Gasteiger partial charge >= 0.3 is 0 Å². The van der Waals surface area contributed by atoms with Gasteiger partial charge in [-0.3, -0.25) is 0 Å². The van der Waals surface area contributed by atoms with Gasteiger partial charge in [-0.1, -0.05) is 35.9 Å². The second-order valence-electron chi connectivity index (χ2n) is 6.80. The maximum atomic E-state index is 15.1. The third-order valence-electron chi connectivity index (χ3n) is 4.90. The van der Waals surface area contributed by atoms with Gasteiger partial charge in [-0.2, -0.15) is 0 Å². The van der Waals surface area contributed by atoms with E-state index in [0.29, 0.717) is 11.8 Å². The summed E-state index contributed by atoms with van der Waals surface area (Å²) >= 11 is 0. The molecule has 2 fully saturated rings. The van der Waals surface area contributed by atoms with Crippen LogP contribution in [0.3, 0.4) is 0 Å². The molecular formula is C20H21F. The fourth-order valence-corrected chi connectivity index (χ4v) is 3.43. The van der Waals surface area contributed by atoms with Crippen molar-refractivity contribution in [2.75, 3.05) is 0 Å². The van der Waals surface area contributed by atoms with Crippen molar-refractivity contribution in [1.29, 1.82) is 0 Å². The first kappa shape index (κ1) is 13.1. The maximum Gasteiger partial charge on any atom is 0.134 e. The zero-order valence-corrected chi connectivity index (χ0v) is 12.7. The minimum absolute atomic E-state index is 0.0308. The van der Waals surface area contributed by atoms with Crippen molar-refractivity contribution in [3.8, 4) is 11.1 Å². The summed E-state index contributed by atoms with van der Waals surface area (Å²) in [4.78, 5) is 0. The lowest BCUT2D eigenvalue weighted by atomic mass is 9.91. The molecule has 0 saturated heterocycles. The Labute approximate surface area is 126 Å². The van der Waals surface area contributed by atoms with Crippen molar-refractivity contribution in [1.82, 2.24) is 0 Å². The highest BCUT2D eigenvalue weighted by atomic mass is 19.1. The second kappa shape index (κ2) is 4.69. The van der Waals surface area contributed by atoms with E-state index in [-0.39, 0.29) is 5.82 Å². The first-order chi connectivity index (χ1) is 10.1. The number of hydrogen-bond acceptors (Lipinski definition) is 0. The van der Waals surface area contributed by atoms with E-state index in [0.717, 1.165) is 35.1 Å². The molecule has 2 aliphatic rings. The van der Waals surface area contributed by atoms with Crippen LogP contribution in [-0.4, -0.2) is 0 Å². The number of benzene rings is 2. The molecule has 0 radical (unpaired) electrons. The molecule has 0 N–H and O–H groups in total. The Kier molecular flexibility index (Phi) is 2.92. The van der Waals surface area contributed by atoms with Crippen molar-refractivity contribution < 1.29 is 4.39 Å². The lowest BCUT2D eigenvalue weighted by Gasteiger charge is -2.15. The summed E-state index contributed by atoms with van der Waals surface area (Å²) in [6, 6.07) is 10.6. The predicted octanol–water partition coefficient (Wildman–Crippen LogP) is 5.86.